The molecule has 2 N–H and O–H groups in total. The van der Waals surface area contributed by atoms with E-state index in [0.29, 0.717) is 18.1 Å². The molecule has 9 nitrogen and oxygen atoms in total. The van der Waals surface area contributed by atoms with E-state index in [1.54, 1.807) is 6.92 Å². The molecule has 1 amide bonds. The summed E-state index contributed by atoms with van der Waals surface area (Å²) < 4.78 is 40.1. The van der Waals surface area contributed by atoms with E-state index in [1.807, 2.05) is 4.83 Å². The number of methoxy groups -OCH3 is 2. The van der Waals surface area contributed by atoms with E-state index in [1.165, 1.54) is 49.6 Å². The Bertz CT molecular complexity index is 974. The highest BCUT2D eigenvalue weighted by atomic mass is 32.2. The third kappa shape index (κ3) is 4.78. The lowest BCUT2D eigenvalue weighted by atomic mass is 10.2. The van der Waals surface area contributed by atoms with Crippen LogP contribution >= 0.6 is 0 Å². The molecule has 10 heteroatoms. The SMILES string of the molecule is CCOc1ccc(C(=O)NNS(=O)(=O)c2ccccc2C(=O)OC)cc1OC. The first-order chi connectivity index (χ1) is 13.3. The van der Waals surface area contributed by atoms with E-state index < -0.39 is 21.9 Å². The zero-order chi connectivity index (χ0) is 20.7. The number of carbonyl (C=O) groups is 2. The van der Waals surface area contributed by atoms with E-state index in [2.05, 4.69) is 10.2 Å². The minimum atomic E-state index is -4.22. The summed E-state index contributed by atoms with van der Waals surface area (Å²) in [4.78, 5) is 25.7. The van der Waals surface area contributed by atoms with Crippen LogP contribution in [-0.2, 0) is 14.8 Å². The third-order valence-electron chi connectivity index (χ3n) is 3.61. The molecule has 0 radical (unpaired) electrons. The van der Waals surface area contributed by atoms with Crippen LogP contribution in [0.15, 0.2) is 47.4 Å². The quantitative estimate of drug-likeness (QED) is 0.502. The second-order valence-corrected chi connectivity index (χ2v) is 7.00. The third-order valence-corrected chi connectivity index (χ3v) is 4.91. The first kappa shape index (κ1) is 21.2. The molecular weight excluding hydrogens is 388 g/mol. The Kier molecular flexibility index (Phi) is 6.96. The molecule has 2 aromatic carbocycles. The van der Waals surface area contributed by atoms with Gasteiger partial charge in [-0.2, -0.15) is 0 Å². The second-order valence-electron chi connectivity index (χ2n) is 5.35. The Balaban J connectivity index is 2.20. The first-order valence-corrected chi connectivity index (χ1v) is 9.62. The van der Waals surface area contributed by atoms with Gasteiger partial charge in [0.2, 0.25) is 0 Å². The highest BCUT2D eigenvalue weighted by molar-refractivity contribution is 7.89. The first-order valence-electron chi connectivity index (χ1n) is 8.14. The van der Waals surface area contributed by atoms with Crippen LogP contribution in [-0.4, -0.2) is 41.1 Å². The molecule has 0 aliphatic carbocycles. The number of hydrogen-bond donors (Lipinski definition) is 2. The summed E-state index contributed by atoms with van der Waals surface area (Å²) in [5, 5.41) is 0. The number of rotatable bonds is 8. The molecule has 0 spiro atoms. The molecule has 2 rings (SSSR count). The molecule has 150 valence electrons. The van der Waals surface area contributed by atoms with Crippen LogP contribution < -0.4 is 19.7 Å². The molecule has 0 aromatic heterocycles. The van der Waals surface area contributed by atoms with Gasteiger partial charge in [0.25, 0.3) is 15.9 Å². The van der Waals surface area contributed by atoms with Gasteiger partial charge < -0.3 is 14.2 Å². The maximum absolute atomic E-state index is 12.5. The molecule has 0 bridgehead atoms. The highest BCUT2D eigenvalue weighted by Crippen LogP contribution is 2.28. The predicted molar refractivity (Wildman–Crippen MR) is 99.7 cm³/mol. The summed E-state index contributed by atoms with van der Waals surface area (Å²) in [5.41, 5.74) is 2.08. The normalized spacial score (nSPS) is 10.8. The summed E-state index contributed by atoms with van der Waals surface area (Å²) in [6.07, 6.45) is 0. The second kappa shape index (κ2) is 9.20. The maximum atomic E-state index is 12.5. The molecule has 0 atom stereocenters. The lowest BCUT2D eigenvalue weighted by molar-refractivity contribution is 0.0596. The van der Waals surface area contributed by atoms with E-state index in [0.717, 1.165) is 7.11 Å². The van der Waals surface area contributed by atoms with Gasteiger partial charge in [-0.05, 0) is 37.3 Å². The standard InChI is InChI=1S/C18H20N2O7S/c1-4-27-14-10-9-12(11-15(14)25-2)17(21)19-20-28(23,24)16-8-6-5-7-13(16)18(22)26-3/h5-11,20H,4H2,1-3H3,(H,19,21). The summed E-state index contributed by atoms with van der Waals surface area (Å²) in [5.74, 6) is -0.758. The number of ether oxygens (including phenoxy) is 3. The maximum Gasteiger partial charge on any atom is 0.339 e. The van der Waals surface area contributed by atoms with Crippen LogP contribution in [0.25, 0.3) is 0 Å². The minimum Gasteiger partial charge on any atom is -0.493 e. The predicted octanol–water partition coefficient (Wildman–Crippen LogP) is 1.50. The van der Waals surface area contributed by atoms with E-state index in [-0.39, 0.29) is 16.0 Å². The monoisotopic (exact) mass is 408 g/mol. The van der Waals surface area contributed by atoms with Gasteiger partial charge in [0.15, 0.2) is 11.5 Å². The smallest absolute Gasteiger partial charge is 0.339 e. The van der Waals surface area contributed by atoms with Crippen LogP contribution in [0.1, 0.15) is 27.6 Å². The number of carbonyl (C=O) groups excluding carboxylic acids is 2. The van der Waals surface area contributed by atoms with Gasteiger partial charge in [-0.25, -0.2) is 13.2 Å². The largest absolute Gasteiger partial charge is 0.493 e. The number of nitrogens with one attached hydrogen (secondary N) is 2. The van der Waals surface area contributed by atoms with Gasteiger partial charge in [0.1, 0.15) is 0 Å². The van der Waals surface area contributed by atoms with Crippen molar-refractivity contribution >= 4 is 21.9 Å². The zero-order valence-corrected chi connectivity index (χ0v) is 16.3. The Morgan fingerprint density at radius 1 is 1.04 bits per heavy atom. The van der Waals surface area contributed by atoms with Crippen molar-refractivity contribution in [3.05, 3.63) is 53.6 Å². The van der Waals surface area contributed by atoms with Crippen LogP contribution in [0.3, 0.4) is 0 Å². The molecule has 0 fully saturated rings. The zero-order valence-electron chi connectivity index (χ0n) is 15.5. The fourth-order valence-electron chi connectivity index (χ4n) is 2.30. The van der Waals surface area contributed by atoms with Crippen LogP contribution in [0, 0.1) is 0 Å². The molecule has 0 aliphatic rings. The van der Waals surface area contributed by atoms with Crippen molar-refractivity contribution in [2.45, 2.75) is 11.8 Å². The fraction of sp³-hybridized carbons (Fsp3) is 0.222. The Morgan fingerprint density at radius 3 is 2.39 bits per heavy atom. The molecule has 0 saturated heterocycles. The average molecular weight is 408 g/mol. The average Bonchev–Trinajstić information content (AvgIpc) is 2.72. The number of sulfonamides is 1. The van der Waals surface area contributed by atoms with Gasteiger partial charge in [0, 0.05) is 5.56 Å². The van der Waals surface area contributed by atoms with Gasteiger partial charge in [-0.1, -0.05) is 12.1 Å². The minimum absolute atomic E-state index is 0.143. The summed E-state index contributed by atoms with van der Waals surface area (Å²) in [6, 6.07) is 9.88. The molecule has 2 aromatic rings. The lowest BCUT2D eigenvalue weighted by Gasteiger charge is -2.13. The van der Waals surface area contributed by atoms with Gasteiger partial charge in [-0.15, -0.1) is 4.83 Å². The van der Waals surface area contributed by atoms with Crippen LogP contribution in [0.2, 0.25) is 0 Å². The van der Waals surface area contributed by atoms with Crippen molar-refractivity contribution in [3.63, 3.8) is 0 Å². The van der Waals surface area contributed by atoms with E-state index >= 15 is 0 Å². The van der Waals surface area contributed by atoms with Crippen LogP contribution in [0.4, 0.5) is 0 Å². The van der Waals surface area contributed by atoms with Crippen molar-refractivity contribution in [2.75, 3.05) is 20.8 Å². The van der Waals surface area contributed by atoms with Crippen molar-refractivity contribution in [3.8, 4) is 11.5 Å². The lowest BCUT2D eigenvalue weighted by Crippen LogP contribution is -2.42. The molecule has 0 unspecified atom stereocenters. The van der Waals surface area contributed by atoms with Crippen molar-refractivity contribution in [1.29, 1.82) is 0 Å². The summed E-state index contributed by atoms with van der Waals surface area (Å²) >= 11 is 0. The van der Waals surface area contributed by atoms with Gasteiger partial charge in [-0.3, -0.25) is 10.2 Å². The topological polar surface area (TPSA) is 120 Å². The number of benzene rings is 2. The van der Waals surface area contributed by atoms with E-state index in [4.69, 9.17) is 9.47 Å². The van der Waals surface area contributed by atoms with Crippen molar-refractivity contribution < 1.29 is 32.2 Å². The summed E-state index contributed by atoms with van der Waals surface area (Å²) in [7, 11) is -1.66. The van der Waals surface area contributed by atoms with Crippen molar-refractivity contribution in [2.24, 2.45) is 0 Å². The van der Waals surface area contributed by atoms with E-state index in [9.17, 15) is 18.0 Å². The molecule has 0 aliphatic heterocycles. The number of esters is 1. The summed E-state index contributed by atoms with van der Waals surface area (Å²) in [6.45, 7) is 2.22. The molecule has 0 saturated carbocycles. The Hall–Kier alpha value is -3.11. The Labute approximate surface area is 162 Å². The highest BCUT2D eigenvalue weighted by Gasteiger charge is 2.23. The van der Waals surface area contributed by atoms with Crippen LogP contribution in [0.5, 0.6) is 11.5 Å². The molecule has 28 heavy (non-hydrogen) atoms. The molecular formula is C18H20N2O7S. The number of hydrogen-bond acceptors (Lipinski definition) is 7. The number of amides is 1. The van der Waals surface area contributed by atoms with Gasteiger partial charge in [0.05, 0.1) is 31.3 Å². The Morgan fingerprint density at radius 2 is 1.75 bits per heavy atom. The molecule has 0 heterocycles. The van der Waals surface area contributed by atoms with Gasteiger partial charge >= 0.3 is 5.97 Å². The number of hydrazine groups is 1. The fourth-order valence-corrected chi connectivity index (χ4v) is 3.34. The van der Waals surface area contributed by atoms with Crippen molar-refractivity contribution in [1.82, 2.24) is 10.3 Å².